The van der Waals surface area contributed by atoms with Gasteiger partial charge in [-0.25, -0.2) is 0 Å². The minimum Gasteiger partial charge on any atom is -0.504 e. The van der Waals surface area contributed by atoms with Gasteiger partial charge in [0.05, 0.1) is 11.7 Å². The zero-order chi connectivity index (χ0) is 15.7. The van der Waals surface area contributed by atoms with Crippen LogP contribution in [-0.2, 0) is 6.42 Å². The molecule has 0 spiro atoms. The van der Waals surface area contributed by atoms with Crippen molar-refractivity contribution in [2.24, 2.45) is 0 Å². The molecule has 0 aliphatic carbocycles. The molecule has 0 saturated carbocycles. The van der Waals surface area contributed by atoms with Crippen LogP contribution < -0.4 is 4.74 Å². The van der Waals surface area contributed by atoms with Crippen molar-refractivity contribution in [1.29, 1.82) is 0 Å². The van der Waals surface area contributed by atoms with Crippen LogP contribution in [0.5, 0.6) is 11.5 Å². The molecule has 1 aromatic carbocycles. The summed E-state index contributed by atoms with van der Waals surface area (Å²) in [7, 11) is 1.60. The van der Waals surface area contributed by atoms with Gasteiger partial charge < -0.3 is 9.84 Å². The Hall–Kier alpha value is -0.130. The van der Waals surface area contributed by atoms with E-state index in [1.165, 1.54) is 5.56 Å². The van der Waals surface area contributed by atoms with Crippen LogP contribution in [-0.4, -0.2) is 39.3 Å². The third kappa shape index (κ3) is 6.25. The van der Waals surface area contributed by atoms with Gasteiger partial charge in [-0.2, -0.15) is 11.8 Å². The Kier molecular flexibility index (Phi) is 9.52. The average Bonchev–Trinajstić information content (AvgIpc) is 2.48. The minimum atomic E-state index is 0.211. The molecule has 2 nitrogen and oxygen atoms in total. The molecule has 5 heteroatoms. The first kappa shape index (κ1) is 18.9. The van der Waals surface area contributed by atoms with Gasteiger partial charge >= 0.3 is 0 Å². The molecule has 21 heavy (non-hydrogen) atoms. The first-order valence-electron chi connectivity index (χ1n) is 7.36. The molecule has 0 saturated heterocycles. The van der Waals surface area contributed by atoms with Crippen LogP contribution in [0.25, 0.3) is 0 Å². The second-order valence-corrected chi connectivity index (χ2v) is 9.13. The van der Waals surface area contributed by atoms with E-state index in [1.54, 1.807) is 13.2 Å². The van der Waals surface area contributed by atoms with E-state index in [0.717, 1.165) is 23.7 Å². The van der Waals surface area contributed by atoms with Crippen molar-refractivity contribution in [2.75, 3.05) is 24.4 Å². The van der Waals surface area contributed by atoms with Gasteiger partial charge in [-0.05, 0) is 41.4 Å². The lowest BCUT2D eigenvalue weighted by atomic mass is 10.1. The fraction of sp³-hybridized carbons (Fsp3) is 0.625. The van der Waals surface area contributed by atoms with Crippen molar-refractivity contribution < 1.29 is 9.84 Å². The topological polar surface area (TPSA) is 29.5 Å². The van der Waals surface area contributed by atoms with E-state index >= 15 is 0 Å². The second-order valence-electron chi connectivity index (χ2n) is 4.48. The summed E-state index contributed by atoms with van der Waals surface area (Å²) in [6, 6.07) is 5.70. The van der Waals surface area contributed by atoms with Crippen molar-refractivity contribution in [3.63, 3.8) is 0 Å². The Morgan fingerprint density at radius 1 is 1.05 bits per heavy atom. The van der Waals surface area contributed by atoms with Gasteiger partial charge in [-0.1, -0.05) is 26.8 Å². The maximum atomic E-state index is 9.71. The molecule has 1 atom stereocenters. The molecule has 120 valence electrons. The van der Waals surface area contributed by atoms with Crippen molar-refractivity contribution in [3.8, 4) is 11.5 Å². The predicted molar refractivity (Wildman–Crippen MR) is 100 cm³/mol. The van der Waals surface area contributed by atoms with Gasteiger partial charge in [-0.15, -0.1) is 23.5 Å². The third-order valence-electron chi connectivity index (χ3n) is 3.03. The van der Waals surface area contributed by atoms with Crippen molar-refractivity contribution in [2.45, 2.75) is 37.0 Å². The number of benzene rings is 1. The number of aromatic hydroxyl groups is 1. The monoisotopic (exact) mass is 346 g/mol. The van der Waals surface area contributed by atoms with Crippen LogP contribution in [0.2, 0.25) is 0 Å². The lowest BCUT2D eigenvalue weighted by Gasteiger charge is -2.25. The fourth-order valence-electron chi connectivity index (χ4n) is 2.12. The Morgan fingerprint density at radius 3 is 2.19 bits per heavy atom. The average molecular weight is 347 g/mol. The van der Waals surface area contributed by atoms with Gasteiger partial charge in [0.2, 0.25) is 0 Å². The SMILES string of the molecule is CCSC(Cc1ccc(O)c(OC)c1)C(SCC)SCC. The molecular formula is C16H26O2S3. The number of rotatable bonds is 10. The van der Waals surface area contributed by atoms with E-state index in [4.69, 9.17) is 4.74 Å². The van der Waals surface area contributed by atoms with Crippen LogP contribution in [0, 0.1) is 0 Å². The standard InChI is InChI=1S/C16H26O2S3/c1-5-19-15(16(20-6-2)21-7-3)11-12-8-9-13(17)14(10-12)18-4/h8-10,15-17H,5-7,11H2,1-4H3. The highest BCUT2D eigenvalue weighted by Crippen LogP contribution is 2.36. The van der Waals surface area contributed by atoms with Crippen LogP contribution >= 0.6 is 35.3 Å². The maximum absolute atomic E-state index is 9.71. The number of hydrogen-bond acceptors (Lipinski definition) is 5. The van der Waals surface area contributed by atoms with Crippen LogP contribution in [0.4, 0.5) is 0 Å². The normalized spacial score (nSPS) is 12.6. The summed E-state index contributed by atoms with van der Waals surface area (Å²) in [5.74, 6) is 4.21. The van der Waals surface area contributed by atoms with E-state index in [9.17, 15) is 5.11 Å². The molecule has 0 radical (unpaired) electrons. The largest absolute Gasteiger partial charge is 0.504 e. The van der Waals surface area contributed by atoms with Crippen molar-refractivity contribution >= 4 is 35.3 Å². The fourth-order valence-corrected chi connectivity index (χ4v) is 6.44. The van der Waals surface area contributed by atoms with Crippen LogP contribution in [0.15, 0.2) is 18.2 Å². The highest BCUT2D eigenvalue weighted by molar-refractivity contribution is 8.18. The molecule has 0 amide bonds. The van der Waals surface area contributed by atoms with Gasteiger partial charge in [0.25, 0.3) is 0 Å². The predicted octanol–water partition coefficient (Wildman–Crippen LogP) is 4.90. The van der Waals surface area contributed by atoms with Gasteiger partial charge in [0, 0.05) is 5.25 Å². The third-order valence-corrected chi connectivity index (χ3v) is 7.37. The number of phenols is 1. The summed E-state index contributed by atoms with van der Waals surface area (Å²) in [6.45, 7) is 6.68. The molecule has 0 bridgehead atoms. The van der Waals surface area contributed by atoms with Crippen LogP contribution in [0.3, 0.4) is 0 Å². The highest BCUT2D eigenvalue weighted by Gasteiger charge is 2.22. The van der Waals surface area contributed by atoms with Crippen molar-refractivity contribution in [3.05, 3.63) is 23.8 Å². The van der Waals surface area contributed by atoms with Gasteiger partial charge in [-0.3, -0.25) is 0 Å². The first-order valence-corrected chi connectivity index (χ1v) is 10.5. The summed E-state index contributed by atoms with van der Waals surface area (Å²) in [5, 5.41) is 10.3. The Morgan fingerprint density at radius 2 is 1.67 bits per heavy atom. The van der Waals surface area contributed by atoms with Crippen LogP contribution in [0.1, 0.15) is 26.3 Å². The second kappa shape index (κ2) is 10.6. The lowest BCUT2D eigenvalue weighted by molar-refractivity contribution is 0.373. The molecule has 1 N–H and O–H groups in total. The number of methoxy groups -OCH3 is 1. The zero-order valence-corrected chi connectivity index (χ0v) is 15.7. The molecule has 1 unspecified atom stereocenters. The van der Waals surface area contributed by atoms with E-state index < -0.39 is 0 Å². The Labute approximate surface area is 141 Å². The quantitative estimate of drug-likeness (QED) is 0.609. The molecule has 0 aromatic heterocycles. The van der Waals surface area contributed by atoms with Gasteiger partial charge in [0.1, 0.15) is 0 Å². The number of thioether (sulfide) groups is 3. The van der Waals surface area contributed by atoms with Crippen molar-refractivity contribution in [1.82, 2.24) is 0 Å². The summed E-state index contributed by atoms with van der Waals surface area (Å²) < 4.78 is 5.83. The first-order chi connectivity index (χ1) is 10.2. The molecule has 0 heterocycles. The molecule has 1 rings (SSSR count). The van der Waals surface area contributed by atoms with Gasteiger partial charge in [0.15, 0.2) is 11.5 Å². The van der Waals surface area contributed by atoms with E-state index in [0.29, 0.717) is 15.6 Å². The number of ether oxygens (including phenoxy) is 1. The summed E-state index contributed by atoms with van der Waals surface area (Å²) in [5.41, 5.74) is 1.23. The van der Waals surface area contributed by atoms with E-state index in [1.807, 2.05) is 47.4 Å². The molecule has 0 aliphatic heterocycles. The molecule has 1 aromatic rings. The smallest absolute Gasteiger partial charge is 0.160 e. The molecule has 0 fully saturated rings. The number of hydrogen-bond donors (Lipinski definition) is 1. The zero-order valence-electron chi connectivity index (χ0n) is 13.3. The highest BCUT2D eigenvalue weighted by atomic mass is 32.2. The van der Waals surface area contributed by atoms with E-state index in [2.05, 4.69) is 20.8 Å². The minimum absolute atomic E-state index is 0.211. The maximum Gasteiger partial charge on any atom is 0.160 e. The molecule has 0 aliphatic rings. The lowest BCUT2D eigenvalue weighted by Crippen LogP contribution is -2.21. The Bertz CT molecular complexity index is 407. The van der Waals surface area contributed by atoms with E-state index in [-0.39, 0.29) is 5.75 Å². The number of phenolic OH excluding ortho intramolecular Hbond substituents is 1. The summed E-state index contributed by atoms with van der Waals surface area (Å²) in [6.07, 6.45) is 1.01. The Balaban J connectivity index is 2.85. The summed E-state index contributed by atoms with van der Waals surface area (Å²) in [4.78, 5) is 0. The summed E-state index contributed by atoms with van der Waals surface area (Å²) >= 11 is 6.12. The molecular weight excluding hydrogens is 320 g/mol.